The van der Waals surface area contributed by atoms with Crippen LogP contribution in [0.25, 0.3) is 0 Å². The molecule has 0 aliphatic carbocycles. The van der Waals surface area contributed by atoms with E-state index in [0.717, 1.165) is 24.3 Å². The molecule has 0 aromatic heterocycles. The van der Waals surface area contributed by atoms with Crippen LogP contribution in [0.15, 0.2) is 23.1 Å². The number of hydrogen-bond acceptors (Lipinski definition) is 3. The Hall–Kier alpha value is 0.0700. The number of likely N-dealkylation sites (N-methyl/N-ethyl adjacent to an activating group) is 1. The predicted octanol–water partition coefficient (Wildman–Crippen LogP) is 3.32. The summed E-state index contributed by atoms with van der Waals surface area (Å²) in [5.74, 6) is 1.10. The molecule has 106 valence electrons. The van der Waals surface area contributed by atoms with E-state index in [1.54, 1.807) is 0 Å². The van der Waals surface area contributed by atoms with Gasteiger partial charge in [0.2, 0.25) is 0 Å². The van der Waals surface area contributed by atoms with Crippen LogP contribution in [0.3, 0.4) is 0 Å². The SMILES string of the molecule is CCNC(C)C(O)(c1ccc2c(c1)CCS2)C(Cl)Cl. The Morgan fingerprint density at radius 1 is 1.47 bits per heavy atom. The van der Waals surface area contributed by atoms with E-state index in [1.807, 2.05) is 37.7 Å². The number of rotatable bonds is 5. The molecule has 1 aromatic rings. The van der Waals surface area contributed by atoms with Gasteiger partial charge in [-0.05, 0) is 37.1 Å². The standard InChI is InChI=1S/C14H19Cl2NOS/c1-3-17-9(2)14(18,13(15)16)11-4-5-12-10(8-11)6-7-19-12/h4-5,8-9,13,17-18H,3,6-7H2,1-2H3. The van der Waals surface area contributed by atoms with Crippen molar-refractivity contribution in [2.75, 3.05) is 12.3 Å². The Kier molecular flexibility index (Phi) is 5.07. The molecule has 0 fully saturated rings. The normalized spacial score (nSPS) is 19.3. The van der Waals surface area contributed by atoms with Crippen molar-refractivity contribution in [2.24, 2.45) is 0 Å². The first-order chi connectivity index (χ1) is 9.00. The number of fused-ring (bicyclic) bond motifs is 1. The molecule has 2 N–H and O–H groups in total. The number of thioether (sulfide) groups is 1. The fourth-order valence-electron chi connectivity index (χ4n) is 2.46. The fourth-order valence-corrected chi connectivity index (χ4v) is 4.14. The van der Waals surface area contributed by atoms with E-state index in [2.05, 4.69) is 11.4 Å². The zero-order chi connectivity index (χ0) is 14.0. The minimum atomic E-state index is -1.28. The van der Waals surface area contributed by atoms with Gasteiger partial charge < -0.3 is 10.4 Å². The van der Waals surface area contributed by atoms with Crippen molar-refractivity contribution < 1.29 is 5.11 Å². The molecule has 1 aliphatic rings. The average molecular weight is 320 g/mol. The van der Waals surface area contributed by atoms with E-state index in [1.165, 1.54) is 10.5 Å². The number of aryl methyl sites for hydroxylation is 1. The zero-order valence-electron chi connectivity index (χ0n) is 11.1. The van der Waals surface area contributed by atoms with Gasteiger partial charge in [-0.25, -0.2) is 0 Å². The number of benzene rings is 1. The molecule has 1 heterocycles. The van der Waals surface area contributed by atoms with E-state index in [0.29, 0.717) is 0 Å². The van der Waals surface area contributed by atoms with E-state index in [-0.39, 0.29) is 6.04 Å². The van der Waals surface area contributed by atoms with Crippen molar-refractivity contribution in [3.63, 3.8) is 0 Å². The number of alkyl halides is 2. The number of hydrogen-bond donors (Lipinski definition) is 2. The highest BCUT2D eigenvalue weighted by Gasteiger charge is 2.42. The van der Waals surface area contributed by atoms with Gasteiger partial charge in [0.25, 0.3) is 0 Å². The van der Waals surface area contributed by atoms with Gasteiger partial charge in [-0.3, -0.25) is 0 Å². The Balaban J connectivity index is 2.38. The Bertz CT molecular complexity index is 455. The smallest absolute Gasteiger partial charge is 0.142 e. The van der Waals surface area contributed by atoms with E-state index < -0.39 is 10.4 Å². The quantitative estimate of drug-likeness (QED) is 0.816. The number of aliphatic hydroxyl groups is 1. The summed E-state index contributed by atoms with van der Waals surface area (Å²) in [4.78, 5) is 0.413. The maximum absolute atomic E-state index is 11.0. The van der Waals surface area contributed by atoms with Crippen LogP contribution in [0.1, 0.15) is 25.0 Å². The van der Waals surface area contributed by atoms with Crippen molar-refractivity contribution in [1.29, 1.82) is 0 Å². The monoisotopic (exact) mass is 319 g/mol. The van der Waals surface area contributed by atoms with Gasteiger partial charge >= 0.3 is 0 Å². The van der Waals surface area contributed by atoms with Gasteiger partial charge in [-0.15, -0.1) is 35.0 Å². The van der Waals surface area contributed by atoms with Crippen LogP contribution >= 0.6 is 35.0 Å². The Morgan fingerprint density at radius 2 is 2.21 bits per heavy atom. The summed E-state index contributed by atoms with van der Waals surface area (Å²) < 4.78 is 0. The maximum Gasteiger partial charge on any atom is 0.142 e. The van der Waals surface area contributed by atoms with Gasteiger partial charge in [-0.1, -0.05) is 19.1 Å². The van der Waals surface area contributed by atoms with Crippen LogP contribution in [0, 0.1) is 0 Å². The minimum absolute atomic E-state index is 0.218. The maximum atomic E-state index is 11.0. The molecule has 0 radical (unpaired) electrons. The molecule has 1 aliphatic heterocycles. The predicted molar refractivity (Wildman–Crippen MR) is 83.4 cm³/mol. The molecule has 2 atom stereocenters. The topological polar surface area (TPSA) is 32.3 Å². The molecule has 0 spiro atoms. The van der Waals surface area contributed by atoms with Crippen molar-refractivity contribution in [3.8, 4) is 0 Å². The second-order valence-electron chi connectivity index (χ2n) is 4.83. The zero-order valence-corrected chi connectivity index (χ0v) is 13.4. The average Bonchev–Trinajstić information content (AvgIpc) is 2.84. The molecule has 1 aromatic carbocycles. The molecular formula is C14H19Cl2NOS. The third kappa shape index (κ3) is 2.91. The summed E-state index contributed by atoms with van der Waals surface area (Å²) in [6, 6.07) is 5.82. The molecule has 19 heavy (non-hydrogen) atoms. The fraction of sp³-hybridized carbons (Fsp3) is 0.571. The van der Waals surface area contributed by atoms with E-state index in [4.69, 9.17) is 23.2 Å². The van der Waals surface area contributed by atoms with Crippen LogP contribution in [0.4, 0.5) is 0 Å². The third-order valence-corrected chi connectivity index (χ3v) is 5.44. The lowest BCUT2D eigenvalue weighted by atomic mass is 9.87. The second-order valence-corrected chi connectivity index (χ2v) is 7.06. The third-order valence-electron chi connectivity index (χ3n) is 3.66. The van der Waals surface area contributed by atoms with Crippen LogP contribution in [0.5, 0.6) is 0 Å². The molecule has 2 nitrogen and oxygen atoms in total. The van der Waals surface area contributed by atoms with Crippen LogP contribution in [-0.4, -0.2) is 28.3 Å². The number of halogens is 2. The summed E-state index contributed by atoms with van der Waals surface area (Å²) in [6.45, 7) is 4.65. The molecule has 2 unspecified atom stereocenters. The van der Waals surface area contributed by atoms with E-state index in [9.17, 15) is 5.11 Å². The highest BCUT2D eigenvalue weighted by atomic mass is 35.5. The molecule has 2 rings (SSSR count). The number of nitrogens with one attached hydrogen (secondary N) is 1. The first-order valence-electron chi connectivity index (χ1n) is 6.50. The van der Waals surface area contributed by atoms with Crippen molar-refractivity contribution >= 4 is 35.0 Å². The molecule has 5 heteroatoms. The van der Waals surface area contributed by atoms with Crippen LogP contribution in [0.2, 0.25) is 0 Å². The van der Waals surface area contributed by atoms with Crippen LogP contribution in [-0.2, 0) is 12.0 Å². The molecule has 0 saturated heterocycles. The summed E-state index contributed by atoms with van der Waals surface area (Å²) >= 11 is 14.0. The molecule has 0 bridgehead atoms. The van der Waals surface area contributed by atoms with Gasteiger partial charge in [0, 0.05) is 16.7 Å². The van der Waals surface area contributed by atoms with Crippen molar-refractivity contribution in [2.45, 2.75) is 41.6 Å². The van der Waals surface area contributed by atoms with Crippen LogP contribution < -0.4 is 5.32 Å². The summed E-state index contributed by atoms with van der Waals surface area (Å²) in [6.07, 6.45) is 1.04. The second kappa shape index (κ2) is 6.23. The summed E-state index contributed by atoms with van der Waals surface area (Å²) in [7, 11) is 0. The van der Waals surface area contributed by atoms with Gasteiger partial charge in [-0.2, -0.15) is 0 Å². The first-order valence-corrected chi connectivity index (χ1v) is 8.36. The lowest BCUT2D eigenvalue weighted by molar-refractivity contribution is 0.0162. The first kappa shape index (κ1) is 15.5. The molecule has 0 saturated carbocycles. The highest BCUT2D eigenvalue weighted by Crippen LogP contribution is 2.39. The van der Waals surface area contributed by atoms with Gasteiger partial charge in [0.1, 0.15) is 10.4 Å². The molecular weight excluding hydrogens is 301 g/mol. The Labute approximate surface area is 128 Å². The lowest BCUT2D eigenvalue weighted by Gasteiger charge is -2.36. The largest absolute Gasteiger partial charge is 0.381 e. The lowest BCUT2D eigenvalue weighted by Crippen LogP contribution is -2.50. The van der Waals surface area contributed by atoms with Crippen molar-refractivity contribution in [3.05, 3.63) is 29.3 Å². The van der Waals surface area contributed by atoms with Gasteiger partial charge in [0.15, 0.2) is 0 Å². The molecule has 0 amide bonds. The highest BCUT2D eigenvalue weighted by molar-refractivity contribution is 7.99. The summed E-state index contributed by atoms with van der Waals surface area (Å²) in [5.41, 5.74) is 0.789. The van der Waals surface area contributed by atoms with Gasteiger partial charge in [0.05, 0.1) is 0 Å². The van der Waals surface area contributed by atoms with E-state index >= 15 is 0 Å². The summed E-state index contributed by atoms with van der Waals surface area (Å²) in [5, 5.41) is 14.2. The Morgan fingerprint density at radius 3 is 2.84 bits per heavy atom. The van der Waals surface area contributed by atoms with Crippen molar-refractivity contribution in [1.82, 2.24) is 5.32 Å². The minimum Gasteiger partial charge on any atom is -0.381 e.